The van der Waals surface area contributed by atoms with Crippen LogP contribution in [0.3, 0.4) is 0 Å². The predicted octanol–water partition coefficient (Wildman–Crippen LogP) is 0.624. The van der Waals surface area contributed by atoms with Crippen LogP contribution in [-0.4, -0.2) is 26.4 Å². The number of rotatable bonds is 2. The molecule has 0 spiro atoms. The first-order valence-corrected chi connectivity index (χ1v) is 6.69. The van der Waals surface area contributed by atoms with Crippen molar-refractivity contribution < 1.29 is 13.2 Å². The van der Waals surface area contributed by atoms with Crippen LogP contribution in [0, 0.1) is 5.41 Å². The van der Waals surface area contributed by atoms with Crippen LogP contribution < -0.4 is 5.14 Å². The second kappa shape index (κ2) is 2.93. The molecule has 3 fully saturated rings. The number of fused-ring (bicyclic) bond motifs is 3. The number of hydrogen-bond acceptors (Lipinski definition) is 3. The molecule has 2 heterocycles. The summed E-state index contributed by atoms with van der Waals surface area (Å²) in [6.45, 7) is 2.88. The number of primary sulfonamides is 1. The number of nitrogens with two attached hydrogens (primary N) is 1. The minimum Gasteiger partial charge on any atom is -0.373 e. The molecule has 0 aromatic heterocycles. The third kappa shape index (κ3) is 1.94. The molecule has 0 aromatic rings. The summed E-state index contributed by atoms with van der Waals surface area (Å²) in [6.07, 6.45) is 3.78. The number of ether oxygens (including phenoxy) is 1. The standard InChI is InChI=1S/C9H17NO3S/c1-8-2-4-9(5-3-8,13-6-8)7-14(10,11)12/h2-7H2,1H3,(H2,10,11,12). The van der Waals surface area contributed by atoms with Gasteiger partial charge in [-0.05, 0) is 31.1 Å². The van der Waals surface area contributed by atoms with Crippen molar-refractivity contribution in [3.63, 3.8) is 0 Å². The topological polar surface area (TPSA) is 69.4 Å². The van der Waals surface area contributed by atoms with E-state index in [0.717, 1.165) is 25.7 Å². The van der Waals surface area contributed by atoms with Crippen molar-refractivity contribution in [1.29, 1.82) is 0 Å². The molecular formula is C9H17NO3S. The minimum absolute atomic E-state index is 0.0178. The van der Waals surface area contributed by atoms with Gasteiger partial charge in [-0.3, -0.25) is 0 Å². The molecule has 3 aliphatic rings. The summed E-state index contributed by atoms with van der Waals surface area (Å²) < 4.78 is 27.8. The highest BCUT2D eigenvalue weighted by molar-refractivity contribution is 7.89. The normalized spacial score (nSPS) is 42.7. The van der Waals surface area contributed by atoms with Crippen molar-refractivity contribution in [2.45, 2.75) is 38.2 Å². The number of hydrogen-bond donors (Lipinski definition) is 1. The molecule has 0 unspecified atom stereocenters. The second-order valence-electron chi connectivity index (χ2n) is 5.09. The third-order valence-corrected chi connectivity index (χ3v) is 4.49. The van der Waals surface area contributed by atoms with Crippen LogP contribution >= 0.6 is 0 Å². The van der Waals surface area contributed by atoms with Crippen LogP contribution in [0.15, 0.2) is 0 Å². The molecule has 2 saturated heterocycles. The Morgan fingerprint density at radius 2 is 1.86 bits per heavy atom. The van der Waals surface area contributed by atoms with Gasteiger partial charge in [-0.25, -0.2) is 13.6 Å². The van der Waals surface area contributed by atoms with Crippen molar-refractivity contribution in [3.8, 4) is 0 Å². The van der Waals surface area contributed by atoms with Crippen LogP contribution in [0.4, 0.5) is 0 Å². The molecule has 2 N–H and O–H groups in total. The molecule has 0 amide bonds. The lowest BCUT2D eigenvalue weighted by Gasteiger charge is -2.51. The van der Waals surface area contributed by atoms with Crippen LogP contribution in [0.2, 0.25) is 0 Å². The van der Waals surface area contributed by atoms with Gasteiger partial charge in [0.05, 0.1) is 18.0 Å². The lowest BCUT2D eigenvalue weighted by molar-refractivity contribution is -0.165. The zero-order valence-electron chi connectivity index (χ0n) is 8.45. The fourth-order valence-corrected chi connectivity index (χ4v) is 3.58. The highest BCUT2D eigenvalue weighted by atomic mass is 32.2. The third-order valence-electron chi connectivity index (χ3n) is 3.56. The highest BCUT2D eigenvalue weighted by Crippen LogP contribution is 2.48. The maximum atomic E-state index is 11.1. The van der Waals surface area contributed by atoms with E-state index in [2.05, 4.69) is 6.92 Å². The highest BCUT2D eigenvalue weighted by Gasteiger charge is 2.48. The SMILES string of the molecule is CC12CCC(CS(N)(=O)=O)(CC1)OC2. The molecule has 0 radical (unpaired) electrons. The molecule has 14 heavy (non-hydrogen) atoms. The van der Waals surface area contributed by atoms with Crippen molar-refractivity contribution in [2.24, 2.45) is 10.6 Å². The maximum absolute atomic E-state index is 11.1. The summed E-state index contributed by atoms with van der Waals surface area (Å²) in [6, 6.07) is 0. The molecule has 1 saturated carbocycles. The van der Waals surface area contributed by atoms with Crippen molar-refractivity contribution in [2.75, 3.05) is 12.4 Å². The first kappa shape index (κ1) is 10.4. The molecule has 2 bridgehead atoms. The maximum Gasteiger partial charge on any atom is 0.211 e. The monoisotopic (exact) mass is 219 g/mol. The van der Waals surface area contributed by atoms with E-state index in [0.29, 0.717) is 6.61 Å². The summed E-state index contributed by atoms with van der Waals surface area (Å²) in [5.41, 5.74) is -0.189. The van der Waals surface area contributed by atoms with Gasteiger partial charge < -0.3 is 4.74 Å². The molecule has 3 rings (SSSR count). The van der Waals surface area contributed by atoms with Gasteiger partial charge in [0, 0.05) is 0 Å². The largest absolute Gasteiger partial charge is 0.373 e. The Kier molecular flexibility index (Phi) is 2.18. The first-order chi connectivity index (χ1) is 6.33. The Morgan fingerprint density at radius 1 is 1.29 bits per heavy atom. The van der Waals surface area contributed by atoms with Crippen molar-refractivity contribution in [3.05, 3.63) is 0 Å². The lowest BCUT2D eigenvalue weighted by Crippen LogP contribution is -2.54. The molecule has 0 aromatic carbocycles. The Hall–Kier alpha value is -0.130. The van der Waals surface area contributed by atoms with Gasteiger partial charge in [-0.2, -0.15) is 0 Å². The molecular weight excluding hydrogens is 202 g/mol. The van der Waals surface area contributed by atoms with E-state index in [9.17, 15) is 8.42 Å². The van der Waals surface area contributed by atoms with E-state index >= 15 is 0 Å². The van der Waals surface area contributed by atoms with Crippen LogP contribution in [0.5, 0.6) is 0 Å². The summed E-state index contributed by atoms with van der Waals surface area (Å²) in [5.74, 6) is -0.0178. The molecule has 5 heteroatoms. The van der Waals surface area contributed by atoms with Gasteiger partial charge in [0.25, 0.3) is 0 Å². The Balaban J connectivity index is 2.13. The summed E-state index contributed by atoms with van der Waals surface area (Å²) in [5, 5.41) is 5.07. The summed E-state index contributed by atoms with van der Waals surface area (Å²) in [4.78, 5) is 0. The Bertz CT molecular complexity index is 311. The number of sulfonamides is 1. The average Bonchev–Trinajstić information content (AvgIpc) is 2.05. The van der Waals surface area contributed by atoms with Gasteiger partial charge in [0.15, 0.2) is 0 Å². The van der Waals surface area contributed by atoms with E-state index in [1.54, 1.807) is 0 Å². The first-order valence-electron chi connectivity index (χ1n) is 4.97. The molecule has 4 nitrogen and oxygen atoms in total. The Morgan fingerprint density at radius 3 is 2.21 bits per heavy atom. The fourth-order valence-electron chi connectivity index (χ4n) is 2.48. The van der Waals surface area contributed by atoms with E-state index in [-0.39, 0.29) is 11.2 Å². The average molecular weight is 219 g/mol. The summed E-state index contributed by atoms with van der Waals surface area (Å²) in [7, 11) is -3.41. The quantitative estimate of drug-likeness (QED) is 0.740. The van der Waals surface area contributed by atoms with Gasteiger partial charge in [-0.1, -0.05) is 6.92 Å². The lowest BCUT2D eigenvalue weighted by atomic mass is 9.68. The van der Waals surface area contributed by atoms with Crippen LogP contribution in [0.1, 0.15) is 32.6 Å². The summed E-state index contributed by atoms with van der Waals surface area (Å²) >= 11 is 0. The van der Waals surface area contributed by atoms with Crippen molar-refractivity contribution >= 4 is 10.0 Å². The second-order valence-corrected chi connectivity index (χ2v) is 6.70. The molecule has 1 aliphatic carbocycles. The molecule has 82 valence electrons. The zero-order valence-corrected chi connectivity index (χ0v) is 9.27. The Labute approximate surface area is 84.9 Å². The van der Waals surface area contributed by atoms with Gasteiger partial charge in [-0.15, -0.1) is 0 Å². The van der Waals surface area contributed by atoms with Crippen LogP contribution in [0.25, 0.3) is 0 Å². The van der Waals surface area contributed by atoms with E-state index < -0.39 is 15.6 Å². The predicted molar refractivity (Wildman–Crippen MR) is 53.2 cm³/mol. The van der Waals surface area contributed by atoms with Crippen LogP contribution in [-0.2, 0) is 14.8 Å². The minimum atomic E-state index is -3.41. The molecule has 2 aliphatic heterocycles. The fraction of sp³-hybridized carbons (Fsp3) is 1.00. The van der Waals surface area contributed by atoms with E-state index in [4.69, 9.17) is 9.88 Å². The van der Waals surface area contributed by atoms with Gasteiger partial charge in [0.1, 0.15) is 0 Å². The van der Waals surface area contributed by atoms with Gasteiger partial charge >= 0.3 is 0 Å². The van der Waals surface area contributed by atoms with Gasteiger partial charge in [0.2, 0.25) is 10.0 Å². The van der Waals surface area contributed by atoms with E-state index in [1.165, 1.54) is 0 Å². The molecule has 0 atom stereocenters. The zero-order chi connectivity index (χ0) is 10.4. The van der Waals surface area contributed by atoms with Crippen molar-refractivity contribution in [1.82, 2.24) is 0 Å². The van der Waals surface area contributed by atoms with E-state index in [1.807, 2.05) is 0 Å². The smallest absolute Gasteiger partial charge is 0.211 e.